The number of hydrogen-bond acceptors (Lipinski definition) is 24. The summed E-state index contributed by atoms with van der Waals surface area (Å²) in [6.45, 7) is 1.26. The molecule has 0 bridgehead atoms. The summed E-state index contributed by atoms with van der Waals surface area (Å²) in [7, 11) is -11.7. The van der Waals surface area contributed by atoms with E-state index in [4.69, 9.17) is 29.6 Å². The number of aromatic nitrogens is 2. The van der Waals surface area contributed by atoms with Crippen LogP contribution in [0.5, 0.6) is 0 Å². The van der Waals surface area contributed by atoms with E-state index < -0.39 is 198 Å². The summed E-state index contributed by atoms with van der Waals surface area (Å²) in [4.78, 5) is 147. The topological polar surface area (TPSA) is 561 Å². The van der Waals surface area contributed by atoms with Crippen molar-refractivity contribution in [3.05, 3.63) is 33.1 Å². The Bertz CT molecular complexity index is 2500. The zero-order valence-corrected chi connectivity index (χ0v) is 43.8. The Kier molecular flexibility index (Phi) is 25.7. The number of ether oxygens (including phenoxy) is 3. The number of H-pyrrole nitrogens is 1. The summed E-state index contributed by atoms with van der Waals surface area (Å²) in [6.07, 6.45) is -16.6. The van der Waals surface area contributed by atoms with Gasteiger partial charge < -0.3 is 97.4 Å². The van der Waals surface area contributed by atoms with Crippen molar-refractivity contribution in [2.45, 2.75) is 151 Å². The summed E-state index contributed by atoms with van der Waals surface area (Å²) in [5, 5.41) is 83.4. The lowest BCUT2D eigenvalue weighted by Gasteiger charge is -2.44. The number of aliphatic hydroxyl groups is 5. The number of carboxylic acids is 2. The van der Waals surface area contributed by atoms with Crippen LogP contribution in [0.15, 0.2) is 21.9 Å². The quantitative estimate of drug-likeness (QED) is 0.0243. The summed E-state index contributed by atoms with van der Waals surface area (Å²) in [6, 6.07) is -8.73. The van der Waals surface area contributed by atoms with Gasteiger partial charge in [-0.15, -0.1) is 0 Å². The minimum atomic E-state index is -5.96. The Labute approximate surface area is 440 Å². The van der Waals surface area contributed by atoms with Gasteiger partial charge in [0, 0.05) is 25.6 Å². The van der Waals surface area contributed by atoms with Gasteiger partial charge in [-0.2, -0.15) is 4.31 Å². The van der Waals surface area contributed by atoms with Crippen LogP contribution in [-0.2, 0) is 75.1 Å². The molecule has 2 aliphatic rings. The van der Waals surface area contributed by atoms with Gasteiger partial charge in [-0.3, -0.25) is 52.2 Å². The van der Waals surface area contributed by atoms with Crippen LogP contribution in [0.2, 0.25) is 0 Å². The fraction of sp³-hybridized carbons (Fsp3) is 0.700. The maximum atomic E-state index is 13.4. The molecule has 1 aromatic rings. The van der Waals surface area contributed by atoms with Gasteiger partial charge >= 0.3 is 33.3 Å². The van der Waals surface area contributed by atoms with Crippen LogP contribution in [0, 0.1) is 0 Å². The van der Waals surface area contributed by atoms with Crippen molar-refractivity contribution >= 4 is 63.0 Å². The lowest BCUT2D eigenvalue weighted by atomic mass is 9.96. The third-order valence-electron chi connectivity index (χ3n) is 11.4. The molecule has 18 N–H and O–H groups in total. The van der Waals surface area contributed by atoms with Gasteiger partial charge in [-0.1, -0.05) is 0 Å². The summed E-state index contributed by atoms with van der Waals surface area (Å²) in [5.41, 5.74) is 3.65. The fourth-order valence-corrected chi connectivity index (χ4v) is 9.48. The molecule has 2 unspecified atom stereocenters. The molecule has 2 fully saturated rings. The molecular weight excluding hydrogens is 1100 g/mol. The van der Waals surface area contributed by atoms with Gasteiger partial charge in [-0.05, 0) is 53.0 Å². The van der Waals surface area contributed by atoms with Crippen LogP contribution < -0.4 is 48.9 Å². The summed E-state index contributed by atoms with van der Waals surface area (Å²) in [5.74, 6) is -9.16. The predicted octanol–water partition coefficient (Wildman–Crippen LogP) is -7.70. The first kappa shape index (κ1) is 66.6. The summed E-state index contributed by atoms with van der Waals surface area (Å²) >= 11 is 0. The average molecular weight is 1170 g/mol. The number of rotatable bonds is 31. The van der Waals surface area contributed by atoms with Gasteiger partial charge in [0.05, 0.1) is 19.8 Å². The third kappa shape index (κ3) is 19.9. The minimum Gasteiger partial charge on any atom is -0.480 e. The van der Waals surface area contributed by atoms with Crippen molar-refractivity contribution in [2.24, 2.45) is 5.73 Å². The number of carbonyl (C=O) groups excluding carboxylic acids is 6. The number of hydrogen-bond donors (Lipinski definition) is 17. The first-order chi connectivity index (χ1) is 36.3. The summed E-state index contributed by atoms with van der Waals surface area (Å²) < 4.78 is 57.0. The lowest BCUT2D eigenvalue weighted by molar-refractivity contribution is -0.261. The zero-order chi connectivity index (χ0) is 59.0. The van der Waals surface area contributed by atoms with Crippen molar-refractivity contribution < 1.29 is 121 Å². The number of nitrogens with zero attached hydrogens (tertiary/aromatic N) is 1. The molecule has 2 saturated heterocycles. The van der Waals surface area contributed by atoms with E-state index in [2.05, 4.69) is 35.4 Å². The van der Waals surface area contributed by atoms with E-state index in [0.29, 0.717) is 17.4 Å². The molecular formula is C40H65N9O27P2. The van der Waals surface area contributed by atoms with Crippen LogP contribution in [0.1, 0.15) is 66.0 Å². The Hall–Kier alpha value is -5.66. The SMILES string of the molecule is CC(=O)N[C@H]1[C@@H](OP(=O)(O)OP(=O)(O)OC[C@H]2O[C@@H](n3ccc(=O)[nH]c3=O)[C@H](O)[C@@H]2O)O[C@H](CO)[C@@H](O)[C@@H]1O[C@H](C)C(=O)N[C@@H](C)C(=O)N[C@H](CCC(=O)N[C@@H](CCCCN)C(=O)N[C@H](C)C(=O)N[C@H](CO)C(=O)O)C(=O)O. The first-order valence-corrected chi connectivity index (χ1v) is 26.5. The van der Waals surface area contributed by atoms with E-state index in [9.17, 15) is 97.5 Å². The molecule has 6 amide bonds. The number of carbonyl (C=O) groups is 8. The molecule has 0 aliphatic carbocycles. The first-order valence-electron chi connectivity index (χ1n) is 23.5. The van der Waals surface area contributed by atoms with Gasteiger partial charge in [-0.25, -0.2) is 23.5 Å². The van der Waals surface area contributed by atoms with Crippen LogP contribution in [-0.4, -0.2) is 214 Å². The Morgan fingerprint density at radius 2 is 1.37 bits per heavy atom. The van der Waals surface area contributed by atoms with E-state index in [1.54, 1.807) is 0 Å². The minimum absolute atomic E-state index is 0.00496. The van der Waals surface area contributed by atoms with E-state index in [0.717, 1.165) is 33.0 Å². The fourth-order valence-electron chi connectivity index (χ4n) is 7.32. The van der Waals surface area contributed by atoms with Crippen molar-refractivity contribution in [2.75, 3.05) is 26.4 Å². The standard InChI is InChI=1S/C40H65N9O27P2/c1-16(32(58)46-21(37(62)63)8-9-25(53)45-20(7-5-6-11-41)35(61)43-17(2)33(59)47-22(13-50)38(64)65)42-34(60)18(3)72-31-27(44-19(4)52)39(74-23(14-51)29(31)56)75-78(69,70)76-77(67,68)71-15-24-28(55)30(57)36(73-24)49-12-10-26(54)48-40(49)66/h10,12,16-18,20-24,27-31,36,39,50-51,55-57H,5-9,11,13-15,41H2,1-4H3,(H,42,60)(H,43,61)(H,44,52)(H,45,53)(H,46,58)(H,47,59)(H,62,63)(H,64,65)(H,67,68)(H,69,70)(H,48,54,66)/t16-,17+,18+,20-,21+,22+,23+,24+,27+,28+,29+,30+,31+,36+,39+/m0/s1. The predicted molar refractivity (Wildman–Crippen MR) is 254 cm³/mol. The number of phosphoric ester groups is 2. The number of phosphoric acid groups is 2. The largest absolute Gasteiger partial charge is 0.483 e. The molecule has 17 atom stereocenters. The maximum Gasteiger partial charge on any atom is 0.483 e. The monoisotopic (exact) mass is 1170 g/mol. The molecule has 442 valence electrons. The molecule has 38 heteroatoms. The molecule has 0 spiro atoms. The second-order valence-electron chi connectivity index (χ2n) is 17.6. The zero-order valence-electron chi connectivity index (χ0n) is 42.0. The van der Waals surface area contributed by atoms with Crippen molar-refractivity contribution in [1.82, 2.24) is 41.5 Å². The van der Waals surface area contributed by atoms with E-state index in [-0.39, 0.29) is 13.0 Å². The second-order valence-corrected chi connectivity index (χ2v) is 20.6. The number of amides is 6. The number of aromatic amines is 1. The van der Waals surface area contributed by atoms with E-state index in [1.165, 1.54) is 6.92 Å². The number of nitrogens with two attached hydrogens (primary N) is 1. The molecule has 1 aromatic heterocycles. The second kappa shape index (κ2) is 30.1. The molecule has 0 saturated carbocycles. The Morgan fingerprint density at radius 3 is 1.92 bits per heavy atom. The highest BCUT2D eigenvalue weighted by Crippen LogP contribution is 2.61. The molecule has 0 radical (unpaired) electrons. The van der Waals surface area contributed by atoms with Crippen LogP contribution >= 0.6 is 15.6 Å². The average Bonchev–Trinajstić information content (AvgIpc) is 3.63. The molecule has 78 heavy (non-hydrogen) atoms. The normalized spacial score (nSPS) is 26.0. The van der Waals surface area contributed by atoms with Gasteiger partial charge in [0.1, 0.15) is 79.0 Å². The number of nitrogens with one attached hydrogen (secondary N) is 7. The number of aliphatic carboxylic acids is 2. The van der Waals surface area contributed by atoms with E-state index in [1.807, 2.05) is 10.3 Å². The molecule has 36 nitrogen and oxygen atoms in total. The molecule has 0 aromatic carbocycles. The van der Waals surface area contributed by atoms with E-state index >= 15 is 0 Å². The number of carboxylic acid groups (broad SMARTS) is 2. The third-order valence-corrected chi connectivity index (χ3v) is 14.0. The maximum absolute atomic E-state index is 13.4. The Balaban J connectivity index is 1.65. The van der Waals surface area contributed by atoms with Crippen LogP contribution in [0.3, 0.4) is 0 Å². The van der Waals surface area contributed by atoms with Gasteiger partial charge in [0.25, 0.3) is 5.56 Å². The Morgan fingerprint density at radius 1 is 0.769 bits per heavy atom. The number of aliphatic hydroxyl groups excluding tert-OH is 5. The van der Waals surface area contributed by atoms with Gasteiger partial charge in [0.2, 0.25) is 35.4 Å². The number of unbranched alkanes of at least 4 members (excludes halogenated alkanes) is 1. The lowest BCUT2D eigenvalue weighted by Crippen LogP contribution is -2.66. The van der Waals surface area contributed by atoms with Crippen LogP contribution in [0.4, 0.5) is 0 Å². The molecule has 3 rings (SSSR count). The van der Waals surface area contributed by atoms with Crippen LogP contribution in [0.25, 0.3) is 0 Å². The highest BCUT2D eigenvalue weighted by atomic mass is 31.3. The van der Waals surface area contributed by atoms with Gasteiger partial charge in [0.15, 0.2) is 12.5 Å². The van der Waals surface area contributed by atoms with Crippen molar-refractivity contribution in [3.63, 3.8) is 0 Å². The highest BCUT2D eigenvalue weighted by Gasteiger charge is 2.52. The molecule has 2 aliphatic heterocycles. The highest BCUT2D eigenvalue weighted by molar-refractivity contribution is 7.61. The molecule has 3 heterocycles. The van der Waals surface area contributed by atoms with Crippen molar-refractivity contribution in [3.8, 4) is 0 Å². The van der Waals surface area contributed by atoms with Crippen molar-refractivity contribution in [1.29, 1.82) is 0 Å². The smallest absolute Gasteiger partial charge is 0.480 e.